The van der Waals surface area contributed by atoms with Crippen LogP contribution in [0.5, 0.6) is 5.75 Å². The van der Waals surface area contributed by atoms with Gasteiger partial charge in [0.25, 0.3) is 5.56 Å². The first-order chi connectivity index (χ1) is 14.3. The summed E-state index contributed by atoms with van der Waals surface area (Å²) in [4.78, 5) is 31.7. The van der Waals surface area contributed by atoms with Gasteiger partial charge >= 0.3 is 5.63 Å². The highest BCUT2D eigenvalue weighted by molar-refractivity contribution is 7.98. The second-order valence-corrected chi connectivity index (χ2v) is 9.26. The smallest absolute Gasteiger partial charge is 0.336 e. The summed E-state index contributed by atoms with van der Waals surface area (Å²) in [6, 6.07) is 4.82. The van der Waals surface area contributed by atoms with Crippen LogP contribution in [0.4, 0.5) is 0 Å². The third-order valence-electron chi connectivity index (χ3n) is 5.34. The summed E-state index contributed by atoms with van der Waals surface area (Å²) in [5, 5.41) is 12.2. The topological polar surface area (TPSA) is 85.3 Å². The lowest BCUT2D eigenvalue weighted by Gasteiger charge is -2.11. The van der Waals surface area contributed by atoms with E-state index in [1.807, 2.05) is 33.8 Å². The van der Waals surface area contributed by atoms with Crippen LogP contribution in [0.25, 0.3) is 21.2 Å². The summed E-state index contributed by atoms with van der Waals surface area (Å²) in [7, 11) is 0. The third-order valence-corrected chi connectivity index (χ3v) is 7.46. The predicted octanol–water partition coefficient (Wildman–Crippen LogP) is 4.76. The van der Waals surface area contributed by atoms with Crippen molar-refractivity contribution < 1.29 is 9.52 Å². The van der Waals surface area contributed by atoms with Gasteiger partial charge in [-0.3, -0.25) is 9.36 Å². The van der Waals surface area contributed by atoms with E-state index in [-0.39, 0.29) is 11.3 Å². The first-order valence-corrected chi connectivity index (χ1v) is 11.6. The van der Waals surface area contributed by atoms with Crippen molar-refractivity contribution in [2.45, 2.75) is 51.6 Å². The maximum absolute atomic E-state index is 13.0. The molecule has 8 heteroatoms. The largest absolute Gasteiger partial charge is 0.508 e. The van der Waals surface area contributed by atoms with Crippen LogP contribution in [-0.2, 0) is 18.7 Å². The summed E-state index contributed by atoms with van der Waals surface area (Å²) in [6.45, 7) is 8.36. The van der Waals surface area contributed by atoms with Gasteiger partial charge in [-0.05, 0) is 49.9 Å². The molecule has 0 aliphatic carbocycles. The normalized spacial score (nSPS) is 11.6. The number of rotatable bonds is 5. The average molecular weight is 443 g/mol. The molecule has 4 aromatic rings. The van der Waals surface area contributed by atoms with E-state index in [1.165, 1.54) is 35.2 Å². The summed E-state index contributed by atoms with van der Waals surface area (Å²) in [5.41, 5.74) is 2.43. The van der Waals surface area contributed by atoms with Gasteiger partial charge in [0.05, 0.1) is 5.39 Å². The molecule has 1 aromatic carbocycles. The van der Waals surface area contributed by atoms with Crippen molar-refractivity contribution >= 4 is 44.3 Å². The zero-order valence-corrected chi connectivity index (χ0v) is 18.9. The molecule has 30 heavy (non-hydrogen) atoms. The first kappa shape index (κ1) is 20.7. The number of aryl methyl sites for hydroxylation is 3. The van der Waals surface area contributed by atoms with E-state index in [2.05, 4.69) is 0 Å². The average Bonchev–Trinajstić information content (AvgIpc) is 2.99. The Morgan fingerprint density at radius 3 is 2.63 bits per heavy atom. The lowest BCUT2D eigenvalue weighted by molar-refractivity contribution is 0.466. The SMILES string of the molecule is CCc1cc2c(CSc3nc4sc(C)c(C)c4c(=O)n3CC)cc(=O)oc2cc1O. The molecule has 3 heterocycles. The van der Waals surface area contributed by atoms with Gasteiger partial charge in [-0.15, -0.1) is 11.3 Å². The van der Waals surface area contributed by atoms with Crippen LogP contribution in [0.1, 0.15) is 35.4 Å². The van der Waals surface area contributed by atoms with E-state index in [0.717, 1.165) is 31.8 Å². The van der Waals surface area contributed by atoms with E-state index >= 15 is 0 Å². The van der Waals surface area contributed by atoms with E-state index in [0.29, 0.717) is 34.8 Å². The second kappa shape index (κ2) is 7.92. The molecule has 4 rings (SSSR count). The van der Waals surface area contributed by atoms with Crippen molar-refractivity contribution in [3.05, 3.63) is 60.5 Å². The summed E-state index contributed by atoms with van der Waals surface area (Å²) in [6.07, 6.45) is 0.665. The maximum atomic E-state index is 13.0. The number of aromatic nitrogens is 2. The number of benzene rings is 1. The minimum absolute atomic E-state index is 0.0255. The third kappa shape index (κ3) is 3.44. The monoisotopic (exact) mass is 442 g/mol. The van der Waals surface area contributed by atoms with Gasteiger partial charge in [0.15, 0.2) is 5.16 Å². The number of fused-ring (bicyclic) bond motifs is 2. The highest BCUT2D eigenvalue weighted by atomic mass is 32.2. The number of thioether (sulfide) groups is 1. The fourth-order valence-corrected chi connectivity index (χ4v) is 5.67. The molecule has 1 N–H and O–H groups in total. The van der Waals surface area contributed by atoms with Gasteiger partial charge in [-0.25, -0.2) is 9.78 Å². The van der Waals surface area contributed by atoms with E-state index in [4.69, 9.17) is 9.40 Å². The molecule has 0 spiro atoms. The molecule has 0 saturated carbocycles. The molecule has 0 unspecified atom stereocenters. The molecule has 0 amide bonds. The molecular weight excluding hydrogens is 420 g/mol. The zero-order valence-electron chi connectivity index (χ0n) is 17.2. The van der Waals surface area contributed by atoms with Crippen LogP contribution >= 0.6 is 23.1 Å². The fourth-order valence-electron chi connectivity index (χ4n) is 3.55. The zero-order chi connectivity index (χ0) is 21.6. The van der Waals surface area contributed by atoms with Gasteiger partial charge in [0.1, 0.15) is 16.2 Å². The van der Waals surface area contributed by atoms with Crippen molar-refractivity contribution in [3.63, 3.8) is 0 Å². The van der Waals surface area contributed by atoms with Gasteiger partial charge in [-0.2, -0.15) is 0 Å². The number of nitrogens with zero attached hydrogens (tertiary/aromatic N) is 2. The Morgan fingerprint density at radius 2 is 1.93 bits per heavy atom. The van der Waals surface area contributed by atoms with E-state index < -0.39 is 5.63 Å². The van der Waals surface area contributed by atoms with Crippen LogP contribution in [0, 0.1) is 13.8 Å². The molecule has 0 aliphatic heterocycles. The number of hydrogen-bond acceptors (Lipinski definition) is 7. The number of thiophene rings is 1. The molecule has 156 valence electrons. The molecule has 6 nitrogen and oxygen atoms in total. The molecule has 3 aromatic heterocycles. The van der Waals surface area contributed by atoms with Crippen LogP contribution in [0.15, 0.2) is 37.4 Å². The van der Waals surface area contributed by atoms with Crippen LogP contribution in [0.3, 0.4) is 0 Å². The lowest BCUT2D eigenvalue weighted by Crippen LogP contribution is -2.22. The quantitative estimate of drug-likeness (QED) is 0.272. The van der Waals surface area contributed by atoms with Gasteiger partial charge in [-0.1, -0.05) is 18.7 Å². The molecular formula is C22H22N2O4S2. The van der Waals surface area contributed by atoms with Crippen molar-refractivity contribution in [3.8, 4) is 5.75 Å². The highest BCUT2D eigenvalue weighted by Crippen LogP contribution is 2.32. The van der Waals surface area contributed by atoms with E-state index in [9.17, 15) is 14.7 Å². The summed E-state index contributed by atoms with van der Waals surface area (Å²) >= 11 is 2.95. The highest BCUT2D eigenvalue weighted by Gasteiger charge is 2.17. The minimum Gasteiger partial charge on any atom is -0.508 e. The molecule has 0 atom stereocenters. The predicted molar refractivity (Wildman–Crippen MR) is 122 cm³/mol. The number of phenols is 1. The number of phenolic OH excluding ortho intramolecular Hbond substituents is 1. The standard InChI is InChI=1S/C22H22N2O4S2/c1-5-13-7-15-14(8-18(26)28-17(15)9-16(13)25)10-29-22-23-20-19(11(3)12(4)30-20)21(27)24(22)6-2/h7-9,25H,5-6,10H2,1-4H3. The Labute approximate surface area is 181 Å². The number of aromatic hydroxyl groups is 1. The Hall–Kier alpha value is -2.58. The molecule has 0 saturated heterocycles. The van der Waals surface area contributed by atoms with Gasteiger partial charge in [0.2, 0.25) is 0 Å². The van der Waals surface area contributed by atoms with Gasteiger partial charge in [0, 0.05) is 34.7 Å². The van der Waals surface area contributed by atoms with Crippen LogP contribution in [0.2, 0.25) is 0 Å². The second-order valence-electron chi connectivity index (χ2n) is 7.12. The Kier molecular flexibility index (Phi) is 5.46. The summed E-state index contributed by atoms with van der Waals surface area (Å²) < 4.78 is 6.96. The van der Waals surface area contributed by atoms with Crippen molar-refractivity contribution in [2.24, 2.45) is 0 Å². The molecule has 0 aliphatic rings. The van der Waals surface area contributed by atoms with Crippen LogP contribution < -0.4 is 11.2 Å². The maximum Gasteiger partial charge on any atom is 0.336 e. The van der Waals surface area contributed by atoms with Crippen LogP contribution in [-0.4, -0.2) is 14.7 Å². The first-order valence-electron chi connectivity index (χ1n) is 9.76. The Bertz CT molecular complexity index is 1400. The fraction of sp³-hybridized carbons (Fsp3) is 0.318. The molecule has 0 bridgehead atoms. The van der Waals surface area contributed by atoms with Crippen molar-refractivity contribution in [1.29, 1.82) is 0 Å². The Morgan fingerprint density at radius 1 is 1.17 bits per heavy atom. The van der Waals surface area contributed by atoms with Crippen molar-refractivity contribution in [1.82, 2.24) is 9.55 Å². The van der Waals surface area contributed by atoms with E-state index in [1.54, 1.807) is 4.57 Å². The molecule has 0 fully saturated rings. The minimum atomic E-state index is -0.470. The Balaban J connectivity index is 1.80. The van der Waals surface area contributed by atoms with Gasteiger partial charge < -0.3 is 9.52 Å². The number of hydrogen-bond donors (Lipinski definition) is 1. The van der Waals surface area contributed by atoms with Crippen molar-refractivity contribution in [2.75, 3.05) is 0 Å². The summed E-state index contributed by atoms with van der Waals surface area (Å²) in [5.74, 6) is 0.574. The lowest BCUT2D eigenvalue weighted by atomic mass is 10.1. The molecule has 0 radical (unpaired) electrons.